The molecular formula is C15H24IN5S. The van der Waals surface area contributed by atoms with Crippen LogP contribution in [0.4, 0.5) is 0 Å². The van der Waals surface area contributed by atoms with E-state index in [2.05, 4.69) is 33.6 Å². The molecule has 0 amide bonds. The molecule has 0 aromatic carbocycles. The lowest BCUT2D eigenvalue weighted by Crippen LogP contribution is -2.44. The Morgan fingerprint density at radius 1 is 1.45 bits per heavy atom. The molecule has 2 rings (SSSR count). The van der Waals surface area contributed by atoms with Crippen molar-refractivity contribution < 1.29 is 0 Å². The lowest BCUT2D eigenvalue weighted by Gasteiger charge is -2.19. The van der Waals surface area contributed by atoms with Crippen molar-refractivity contribution >= 4 is 41.3 Å². The molecule has 1 aliphatic carbocycles. The summed E-state index contributed by atoms with van der Waals surface area (Å²) in [6.45, 7) is 7.55. The predicted octanol–water partition coefficient (Wildman–Crippen LogP) is 3.13. The normalized spacial score (nSPS) is 21.1. The SMILES string of the molecule is CCNC(=NCc1nc(C)c(C)s1)NC1CCCC1C#N.I. The number of hydrogen-bond acceptors (Lipinski definition) is 4. The highest BCUT2D eigenvalue weighted by Gasteiger charge is 2.27. The minimum atomic E-state index is 0. The van der Waals surface area contributed by atoms with Gasteiger partial charge in [-0.2, -0.15) is 5.26 Å². The summed E-state index contributed by atoms with van der Waals surface area (Å²) in [5, 5.41) is 16.8. The zero-order valence-corrected chi connectivity index (χ0v) is 16.5. The van der Waals surface area contributed by atoms with E-state index in [0.29, 0.717) is 6.54 Å². The zero-order valence-electron chi connectivity index (χ0n) is 13.3. The first-order valence-electron chi connectivity index (χ1n) is 7.51. The molecule has 1 saturated carbocycles. The van der Waals surface area contributed by atoms with Crippen LogP contribution in [0.5, 0.6) is 0 Å². The van der Waals surface area contributed by atoms with E-state index in [0.717, 1.165) is 42.5 Å². The van der Waals surface area contributed by atoms with Gasteiger partial charge in [-0.05, 0) is 40.0 Å². The summed E-state index contributed by atoms with van der Waals surface area (Å²) in [6, 6.07) is 2.61. The second-order valence-electron chi connectivity index (χ2n) is 5.36. The van der Waals surface area contributed by atoms with Crippen molar-refractivity contribution in [3.8, 4) is 6.07 Å². The fraction of sp³-hybridized carbons (Fsp3) is 0.667. The van der Waals surface area contributed by atoms with Gasteiger partial charge in [0.2, 0.25) is 0 Å². The zero-order chi connectivity index (χ0) is 15.2. The van der Waals surface area contributed by atoms with E-state index in [-0.39, 0.29) is 35.9 Å². The van der Waals surface area contributed by atoms with Gasteiger partial charge < -0.3 is 10.6 Å². The van der Waals surface area contributed by atoms with Crippen molar-refractivity contribution in [1.82, 2.24) is 15.6 Å². The van der Waals surface area contributed by atoms with Crippen molar-refractivity contribution in [2.75, 3.05) is 6.54 Å². The van der Waals surface area contributed by atoms with Crippen LogP contribution in [0.2, 0.25) is 0 Å². The second-order valence-corrected chi connectivity index (χ2v) is 6.65. The number of aromatic nitrogens is 1. The highest BCUT2D eigenvalue weighted by Crippen LogP contribution is 2.24. The van der Waals surface area contributed by atoms with Crippen LogP contribution in [0.1, 0.15) is 41.8 Å². The maximum Gasteiger partial charge on any atom is 0.191 e. The van der Waals surface area contributed by atoms with Crippen LogP contribution in [0.3, 0.4) is 0 Å². The smallest absolute Gasteiger partial charge is 0.191 e. The van der Waals surface area contributed by atoms with Gasteiger partial charge in [-0.1, -0.05) is 0 Å². The molecule has 0 radical (unpaired) electrons. The number of guanidine groups is 1. The summed E-state index contributed by atoms with van der Waals surface area (Å²) >= 11 is 1.70. The largest absolute Gasteiger partial charge is 0.357 e. The Labute approximate surface area is 153 Å². The Hall–Kier alpha value is -0.880. The summed E-state index contributed by atoms with van der Waals surface area (Å²) in [4.78, 5) is 10.4. The van der Waals surface area contributed by atoms with Crippen LogP contribution in [0.25, 0.3) is 0 Å². The van der Waals surface area contributed by atoms with Gasteiger partial charge in [-0.15, -0.1) is 35.3 Å². The van der Waals surface area contributed by atoms with E-state index in [1.54, 1.807) is 11.3 Å². The molecule has 5 nitrogen and oxygen atoms in total. The molecule has 2 N–H and O–H groups in total. The molecule has 1 aliphatic rings. The van der Waals surface area contributed by atoms with E-state index < -0.39 is 0 Å². The molecule has 2 unspecified atom stereocenters. The van der Waals surface area contributed by atoms with Crippen LogP contribution < -0.4 is 10.6 Å². The Morgan fingerprint density at radius 3 is 2.82 bits per heavy atom. The number of nitrogens with zero attached hydrogens (tertiary/aromatic N) is 3. The topological polar surface area (TPSA) is 73.1 Å². The molecular weight excluding hydrogens is 409 g/mol. The summed E-state index contributed by atoms with van der Waals surface area (Å²) in [5.74, 6) is 0.883. The Balaban J connectivity index is 0.00000242. The third-order valence-corrected chi connectivity index (χ3v) is 4.85. The van der Waals surface area contributed by atoms with Crippen LogP contribution >= 0.6 is 35.3 Å². The van der Waals surface area contributed by atoms with Gasteiger partial charge in [0.05, 0.1) is 24.2 Å². The molecule has 122 valence electrons. The average molecular weight is 433 g/mol. The number of hydrogen-bond donors (Lipinski definition) is 2. The van der Waals surface area contributed by atoms with Gasteiger partial charge in [-0.25, -0.2) is 9.98 Å². The van der Waals surface area contributed by atoms with Crippen LogP contribution in [0, 0.1) is 31.1 Å². The Bertz CT molecular complexity index is 529. The molecule has 1 heterocycles. The first-order valence-corrected chi connectivity index (χ1v) is 8.33. The quantitative estimate of drug-likeness (QED) is 0.435. The Morgan fingerprint density at radius 2 is 2.23 bits per heavy atom. The van der Waals surface area contributed by atoms with Crippen LogP contribution in [0.15, 0.2) is 4.99 Å². The fourth-order valence-electron chi connectivity index (χ4n) is 2.54. The summed E-state index contributed by atoms with van der Waals surface area (Å²) in [7, 11) is 0. The Kier molecular flexibility index (Phi) is 8.10. The van der Waals surface area contributed by atoms with Crippen molar-refractivity contribution in [1.29, 1.82) is 5.26 Å². The van der Waals surface area contributed by atoms with Gasteiger partial charge >= 0.3 is 0 Å². The van der Waals surface area contributed by atoms with E-state index in [4.69, 9.17) is 5.26 Å². The lowest BCUT2D eigenvalue weighted by molar-refractivity contribution is 0.532. The van der Waals surface area contributed by atoms with Gasteiger partial charge in [0.25, 0.3) is 0 Å². The number of halogens is 1. The van der Waals surface area contributed by atoms with Crippen LogP contribution in [-0.2, 0) is 6.54 Å². The first-order chi connectivity index (χ1) is 10.1. The molecule has 0 spiro atoms. The monoisotopic (exact) mass is 433 g/mol. The maximum absolute atomic E-state index is 9.16. The highest BCUT2D eigenvalue weighted by atomic mass is 127. The standard InChI is InChI=1S/C15H23N5S.HI/c1-4-17-15(20-13-7-5-6-12(13)8-16)18-9-14-19-10(2)11(3)21-14;/h12-13H,4-7,9H2,1-3H3,(H2,17,18,20);1H. The molecule has 1 aromatic heterocycles. The lowest BCUT2D eigenvalue weighted by atomic mass is 10.1. The summed E-state index contributed by atoms with van der Waals surface area (Å²) in [6.07, 6.45) is 3.14. The summed E-state index contributed by atoms with van der Waals surface area (Å²) < 4.78 is 0. The molecule has 1 aromatic rings. The fourth-order valence-corrected chi connectivity index (χ4v) is 3.39. The average Bonchev–Trinajstić information content (AvgIpc) is 3.03. The third-order valence-electron chi connectivity index (χ3n) is 3.79. The van der Waals surface area contributed by atoms with E-state index >= 15 is 0 Å². The minimum absolute atomic E-state index is 0. The van der Waals surface area contributed by atoms with Gasteiger partial charge in [0.1, 0.15) is 5.01 Å². The second kappa shape index (κ2) is 9.30. The van der Waals surface area contributed by atoms with Crippen molar-refractivity contribution in [3.63, 3.8) is 0 Å². The summed E-state index contributed by atoms with van der Waals surface area (Å²) in [5.41, 5.74) is 1.09. The maximum atomic E-state index is 9.16. The molecule has 7 heteroatoms. The molecule has 22 heavy (non-hydrogen) atoms. The van der Waals surface area contributed by atoms with Gasteiger partial charge in [-0.3, -0.25) is 0 Å². The minimum Gasteiger partial charge on any atom is -0.357 e. The van der Waals surface area contributed by atoms with Crippen molar-refractivity contribution in [3.05, 3.63) is 15.6 Å². The molecule has 0 bridgehead atoms. The predicted molar refractivity (Wildman–Crippen MR) is 102 cm³/mol. The molecule has 0 aliphatic heterocycles. The van der Waals surface area contributed by atoms with Crippen molar-refractivity contribution in [2.24, 2.45) is 10.9 Å². The number of thiazole rings is 1. The number of aryl methyl sites for hydroxylation is 2. The number of rotatable bonds is 4. The molecule has 0 saturated heterocycles. The van der Waals surface area contributed by atoms with Crippen molar-refractivity contribution in [2.45, 2.75) is 52.6 Å². The van der Waals surface area contributed by atoms with E-state index in [9.17, 15) is 0 Å². The van der Waals surface area contributed by atoms with E-state index in [1.807, 2.05) is 13.8 Å². The first kappa shape index (κ1) is 19.2. The third kappa shape index (κ3) is 5.09. The van der Waals surface area contributed by atoms with Gasteiger partial charge in [0.15, 0.2) is 5.96 Å². The highest BCUT2D eigenvalue weighted by molar-refractivity contribution is 14.0. The molecule has 2 atom stereocenters. The van der Waals surface area contributed by atoms with E-state index in [1.165, 1.54) is 4.88 Å². The molecule has 1 fully saturated rings. The number of nitriles is 1. The number of nitrogens with one attached hydrogen (secondary N) is 2. The van der Waals surface area contributed by atoms with Gasteiger partial charge in [0, 0.05) is 17.5 Å². The number of aliphatic imine (C=N–C) groups is 1. The van der Waals surface area contributed by atoms with Crippen LogP contribution in [-0.4, -0.2) is 23.5 Å².